The number of fused-ring (bicyclic) bond motifs is 1. The highest BCUT2D eigenvalue weighted by molar-refractivity contribution is 6.03. The van der Waals surface area contributed by atoms with Crippen LogP contribution in [0.3, 0.4) is 0 Å². The van der Waals surface area contributed by atoms with E-state index in [1.54, 1.807) is 41.8 Å². The maximum atomic E-state index is 12.1. The number of aliphatic hydroxyl groups is 1. The molecule has 8 nitrogen and oxygen atoms in total. The molecule has 0 spiro atoms. The molecular weight excluding hydrogens is 298 g/mol. The predicted molar refractivity (Wildman–Crippen MR) is 84.2 cm³/mol. The molecule has 0 radical (unpaired) electrons. The molecule has 0 unspecified atom stereocenters. The largest absolute Gasteiger partial charge is 0.392 e. The Morgan fingerprint density at radius 2 is 2.13 bits per heavy atom. The molecule has 3 N–H and O–H groups in total. The number of aliphatic hydroxyl groups excluding tert-OH is 1. The van der Waals surface area contributed by atoms with Crippen molar-refractivity contribution >= 4 is 23.0 Å². The number of aromatic amines is 1. The Kier molecular flexibility index (Phi) is 3.90. The van der Waals surface area contributed by atoms with E-state index in [9.17, 15) is 14.7 Å². The van der Waals surface area contributed by atoms with Crippen molar-refractivity contribution in [2.45, 2.75) is 19.6 Å². The number of anilines is 1. The topological polar surface area (TPSA) is 113 Å². The van der Waals surface area contributed by atoms with Crippen LogP contribution >= 0.6 is 0 Å². The van der Waals surface area contributed by atoms with Crippen molar-refractivity contribution in [1.82, 2.24) is 19.5 Å². The molecule has 0 fully saturated rings. The van der Waals surface area contributed by atoms with Gasteiger partial charge in [0.25, 0.3) is 11.5 Å². The van der Waals surface area contributed by atoms with Crippen molar-refractivity contribution in [1.29, 1.82) is 0 Å². The lowest BCUT2D eigenvalue weighted by atomic mass is 10.2. The average Bonchev–Trinajstić information content (AvgIpc) is 2.91. The van der Waals surface area contributed by atoms with Gasteiger partial charge in [0.1, 0.15) is 0 Å². The van der Waals surface area contributed by atoms with Crippen molar-refractivity contribution < 1.29 is 9.90 Å². The summed E-state index contributed by atoms with van der Waals surface area (Å²) in [4.78, 5) is 34.8. The summed E-state index contributed by atoms with van der Waals surface area (Å²) in [5, 5.41) is 12.0. The Balaban J connectivity index is 1.95. The zero-order chi connectivity index (χ0) is 16.4. The maximum absolute atomic E-state index is 12.1. The second-order valence-electron chi connectivity index (χ2n) is 5.15. The first-order chi connectivity index (χ1) is 11.0. The lowest BCUT2D eigenvalue weighted by molar-refractivity contribution is 0.102. The smallest absolute Gasteiger partial charge is 0.280 e. The monoisotopic (exact) mass is 313 g/mol. The number of hydrogen-bond donors (Lipinski definition) is 3. The number of carbonyl (C=O) groups is 1. The molecule has 0 bridgehead atoms. The molecule has 1 atom stereocenters. The summed E-state index contributed by atoms with van der Waals surface area (Å²) in [6.45, 7) is 1.87. The van der Waals surface area contributed by atoms with E-state index in [-0.39, 0.29) is 23.9 Å². The van der Waals surface area contributed by atoms with Gasteiger partial charge in [0.2, 0.25) is 5.95 Å². The third-order valence-corrected chi connectivity index (χ3v) is 3.20. The van der Waals surface area contributed by atoms with Crippen molar-refractivity contribution in [2.24, 2.45) is 0 Å². The van der Waals surface area contributed by atoms with Crippen LogP contribution in [-0.4, -0.2) is 36.6 Å². The zero-order valence-corrected chi connectivity index (χ0v) is 12.4. The first kappa shape index (κ1) is 14.9. The van der Waals surface area contributed by atoms with Crippen LogP contribution in [0, 0.1) is 0 Å². The lowest BCUT2D eigenvalue weighted by Crippen LogP contribution is -2.19. The Bertz CT molecular complexity index is 898. The summed E-state index contributed by atoms with van der Waals surface area (Å²) in [6, 6.07) is 8.60. The molecule has 0 saturated heterocycles. The van der Waals surface area contributed by atoms with Gasteiger partial charge < -0.3 is 9.67 Å². The number of nitrogens with zero attached hydrogens (tertiary/aromatic N) is 3. The van der Waals surface area contributed by atoms with Crippen LogP contribution in [-0.2, 0) is 6.54 Å². The van der Waals surface area contributed by atoms with Crippen molar-refractivity contribution in [3.63, 3.8) is 0 Å². The van der Waals surface area contributed by atoms with Gasteiger partial charge in [-0.15, -0.1) is 0 Å². The number of aromatic nitrogens is 4. The highest BCUT2D eigenvalue weighted by atomic mass is 16.3. The fourth-order valence-electron chi connectivity index (χ4n) is 2.20. The van der Waals surface area contributed by atoms with Gasteiger partial charge in [-0.25, -0.2) is 4.98 Å². The Labute approximate surface area is 130 Å². The van der Waals surface area contributed by atoms with E-state index in [0.717, 1.165) is 0 Å². The first-order valence-corrected chi connectivity index (χ1v) is 7.04. The fraction of sp³-hybridized carbons (Fsp3) is 0.200. The number of nitrogens with one attached hydrogen (secondary N) is 2. The molecule has 8 heteroatoms. The van der Waals surface area contributed by atoms with Crippen LogP contribution in [0.15, 0.2) is 41.5 Å². The summed E-state index contributed by atoms with van der Waals surface area (Å²) in [6.07, 6.45) is 0.818. The van der Waals surface area contributed by atoms with Gasteiger partial charge in [0.05, 0.1) is 19.0 Å². The predicted octanol–water partition coefficient (Wildman–Crippen LogP) is 0.753. The van der Waals surface area contributed by atoms with Crippen molar-refractivity contribution in [3.8, 4) is 0 Å². The number of hydrogen-bond acceptors (Lipinski definition) is 5. The number of benzene rings is 1. The molecule has 1 amide bonds. The molecule has 2 heterocycles. The minimum atomic E-state index is -0.615. The third-order valence-electron chi connectivity index (χ3n) is 3.20. The minimum Gasteiger partial charge on any atom is -0.392 e. The van der Waals surface area contributed by atoms with Crippen LogP contribution in [0.25, 0.3) is 11.2 Å². The van der Waals surface area contributed by atoms with Gasteiger partial charge in [-0.05, 0) is 19.1 Å². The Hall–Kier alpha value is -3.00. The summed E-state index contributed by atoms with van der Waals surface area (Å²) < 4.78 is 1.56. The first-order valence-electron chi connectivity index (χ1n) is 7.04. The van der Waals surface area contributed by atoms with E-state index in [1.165, 1.54) is 6.33 Å². The highest BCUT2D eigenvalue weighted by Crippen LogP contribution is 2.10. The number of H-pyrrole nitrogens is 1. The molecule has 0 aliphatic carbocycles. The number of amides is 1. The van der Waals surface area contributed by atoms with Gasteiger partial charge in [-0.2, -0.15) is 4.98 Å². The number of carbonyl (C=O) groups excluding carboxylic acids is 1. The van der Waals surface area contributed by atoms with E-state index in [1.807, 2.05) is 0 Å². The quantitative estimate of drug-likeness (QED) is 0.658. The fourth-order valence-corrected chi connectivity index (χ4v) is 2.20. The standard InChI is InChI=1S/C15H15N5O3/c1-9(21)7-20-8-16-11-12(20)17-15(19-14(11)23)18-13(22)10-5-3-2-4-6-10/h2-6,8-9,21H,7H2,1H3,(H2,17,18,19,22,23)/t9-/m0/s1. The van der Waals surface area contributed by atoms with E-state index >= 15 is 0 Å². The summed E-state index contributed by atoms with van der Waals surface area (Å²) in [5.41, 5.74) is 0.455. The molecule has 0 aliphatic heterocycles. The van der Waals surface area contributed by atoms with Gasteiger partial charge in [0.15, 0.2) is 11.2 Å². The average molecular weight is 313 g/mol. The third kappa shape index (κ3) is 3.11. The normalized spacial score (nSPS) is 12.3. The molecular formula is C15H15N5O3. The minimum absolute atomic E-state index is 0.0312. The molecule has 23 heavy (non-hydrogen) atoms. The van der Waals surface area contributed by atoms with Crippen LogP contribution in [0.1, 0.15) is 17.3 Å². The zero-order valence-electron chi connectivity index (χ0n) is 12.4. The van der Waals surface area contributed by atoms with E-state index < -0.39 is 11.7 Å². The number of rotatable bonds is 4. The lowest BCUT2D eigenvalue weighted by Gasteiger charge is -2.07. The van der Waals surface area contributed by atoms with Crippen LogP contribution < -0.4 is 10.9 Å². The molecule has 1 aromatic carbocycles. The molecule has 3 aromatic rings. The van der Waals surface area contributed by atoms with Gasteiger partial charge in [-0.1, -0.05) is 18.2 Å². The van der Waals surface area contributed by atoms with Crippen LogP contribution in [0.2, 0.25) is 0 Å². The second-order valence-corrected chi connectivity index (χ2v) is 5.15. The summed E-state index contributed by atoms with van der Waals surface area (Å²) in [7, 11) is 0. The van der Waals surface area contributed by atoms with Crippen LogP contribution in [0.5, 0.6) is 0 Å². The Morgan fingerprint density at radius 3 is 2.83 bits per heavy atom. The van der Waals surface area contributed by atoms with Gasteiger partial charge in [0, 0.05) is 5.56 Å². The number of imidazole rings is 1. The van der Waals surface area contributed by atoms with E-state index in [0.29, 0.717) is 11.2 Å². The Morgan fingerprint density at radius 1 is 1.39 bits per heavy atom. The summed E-state index contributed by atoms with van der Waals surface area (Å²) in [5.74, 6) is -0.349. The van der Waals surface area contributed by atoms with Crippen LogP contribution in [0.4, 0.5) is 5.95 Å². The van der Waals surface area contributed by atoms with Crippen molar-refractivity contribution in [3.05, 3.63) is 52.6 Å². The maximum Gasteiger partial charge on any atom is 0.280 e. The second kappa shape index (κ2) is 6.01. The van der Waals surface area contributed by atoms with Gasteiger partial charge in [-0.3, -0.25) is 19.9 Å². The SMILES string of the molecule is C[C@H](O)Cn1cnc2c(=O)[nH]c(NC(=O)c3ccccc3)nc21. The summed E-state index contributed by atoms with van der Waals surface area (Å²) >= 11 is 0. The molecule has 0 aliphatic rings. The molecule has 3 rings (SSSR count). The molecule has 0 saturated carbocycles. The van der Waals surface area contributed by atoms with E-state index in [2.05, 4.69) is 20.3 Å². The molecule has 118 valence electrons. The van der Waals surface area contributed by atoms with E-state index in [4.69, 9.17) is 0 Å². The highest BCUT2D eigenvalue weighted by Gasteiger charge is 2.13. The molecule has 2 aromatic heterocycles. The van der Waals surface area contributed by atoms with Crippen molar-refractivity contribution in [2.75, 3.05) is 5.32 Å². The van der Waals surface area contributed by atoms with Gasteiger partial charge >= 0.3 is 0 Å².